The largest absolute Gasteiger partial charge is 0.385 e. The summed E-state index contributed by atoms with van der Waals surface area (Å²) in [6.45, 7) is 2.49. The fraction of sp³-hybridized carbons (Fsp3) is 0.364. The smallest absolute Gasteiger partial charge is 0.253 e. The molecule has 0 aliphatic carbocycles. The average molecular weight is 509 g/mol. The zero-order valence-corrected chi connectivity index (χ0v) is 19.8. The molecule has 158 valence electrons. The van der Waals surface area contributed by atoms with Crippen molar-refractivity contribution in [2.75, 3.05) is 46.1 Å². The number of hydrogen-bond acceptors (Lipinski definition) is 3. The summed E-state index contributed by atoms with van der Waals surface area (Å²) in [6, 6.07) is 18.0. The highest BCUT2D eigenvalue weighted by Gasteiger charge is 2.08. The molecule has 0 fully saturated rings. The third kappa shape index (κ3) is 9.17. The van der Waals surface area contributed by atoms with E-state index in [1.54, 1.807) is 26.0 Å². The van der Waals surface area contributed by atoms with Crippen LogP contribution in [-0.4, -0.2) is 57.5 Å². The van der Waals surface area contributed by atoms with Gasteiger partial charge < -0.3 is 20.9 Å². The van der Waals surface area contributed by atoms with Crippen molar-refractivity contribution in [2.24, 2.45) is 4.99 Å². The number of para-hydroxylation sites is 1. The topological polar surface area (TPSA) is 68.8 Å². The molecule has 29 heavy (non-hydrogen) atoms. The number of carbonyl (C=O) groups is 1. The van der Waals surface area contributed by atoms with Crippen LogP contribution in [0, 0.1) is 0 Å². The van der Waals surface area contributed by atoms with Gasteiger partial charge in [0.15, 0.2) is 5.96 Å². The van der Waals surface area contributed by atoms with Crippen LogP contribution in [0.2, 0.25) is 0 Å². The second-order valence-electron chi connectivity index (χ2n) is 6.72. The van der Waals surface area contributed by atoms with Gasteiger partial charge in [-0.05, 0) is 42.7 Å². The third-order valence-electron chi connectivity index (χ3n) is 4.26. The standard InChI is InChI=1S/C22H31N5O.HI/c1-23-22(25-15-8-14-24-20-11-5-4-6-12-20)26-16-13-18-9-7-10-19(17-18)21(28)27(2)3;/h4-7,9-12,17,24H,8,13-16H2,1-3H3,(H2,23,25,26);1H. The summed E-state index contributed by atoms with van der Waals surface area (Å²) < 4.78 is 0. The maximum atomic E-state index is 12.1. The highest BCUT2D eigenvalue weighted by molar-refractivity contribution is 14.0. The van der Waals surface area contributed by atoms with Crippen LogP contribution in [0.4, 0.5) is 5.69 Å². The van der Waals surface area contributed by atoms with Crippen molar-refractivity contribution in [3.8, 4) is 0 Å². The first kappa shape index (κ1) is 24.7. The number of benzene rings is 2. The molecule has 0 heterocycles. The maximum Gasteiger partial charge on any atom is 0.253 e. The van der Waals surface area contributed by atoms with Crippen LogP contribution in [-0.2, 0) is 6.42 Å². The van der Waals surface area contributed by atoms with Crippen molar-refractivity contribution in [3.05, 3.63) is 65.7 Å². The van der Waals surface area contributed by atoms with Crippen molar-refractivity contribution in [1.82, 2.24) is 15.5 Å². The minimum atomic E-state index is 0. The maximum absolute atomic E-state index is 12.1. The molecule has 7 heteroatoms. The van der Waals surface area contributed by atoms with Crippen molar-refractivity contribution in [3.63, 3.8) is 0 Å². The van der Waals surface area contributed by atoms with Gasteiger partial charge in [0.25, 0.3) is 5.91 Å². The van der Waals surface area contributed by atoms with Crippen LogP contribution in [0.25, 0.3) is 0 Å². The number of guanidine groups is 1. The fourth-order valence-corrected chi connectivity index (χ4v) is 2.75. The molecule has 0 spiro atoms. The lowest BCUT2D eigenvalue weighted by Crippen LogP contribution is -2.39. The number of amides is 1. The lowest BCUT2D eigenvalue weighted by atomic mass is 10.1. The van der Waals surface area contributed by atoms with Crippen LogP contribution in [0.15, 0.2) is 59.6 Å². The quantitative estimate of drug-likeness (QED) is 0.210. The van der Waals surface area contributed by atoms with Crippen LogP contribution >= 0.6 is 24.0 Å². The molecule has 0 unspecified atom stereocenters. The van der Waals surface area contributed by atoms with Gasteiger partial charge in [-0.1, -0.05) is 30.3 Å². The average Bonchev–Trinajstić information content (AvgIpc) is 2.72. The molecule has 0 saturated carbocycles. The molecule has 0 bridgehead atoms. The number of halogens is 1. The Morgan fingerprint density at radius 2 is 1.69 bits per heavy atom. The summed E-state index contributed by atoms with van der Waals surface area (Å²) >= 11 is 0. The lowest BCUT2D eigenvalue weighted by molar-refractivity contribution is 0.0827. The van der Waals surface area contributed by atoms with Gasteiger partial charge in [0.1, 0.15) is 0 Å². The molecule has 0 aliphatic rings. The number of nitrogens with one attached hydrogen (secondary N) is 3. The molecule has 2 aromatic carbocycles. The molecule has 0 atom stereocenters. The Hall–Kier alpha value is -2.29. The van der Waals surface area contributed by atoms with Crippen molar-refractivity contribution in [1.29, 1.82) is 0 Å². The van der Waals surface area contributed by atoms with Crippen LogP contribution < -0.4 is 16.0 Å². The Morgan fingerprint density at radius 1 is 0.966 bits per heavy atom. The molecule has 2 aromatic rings. The van der Waals surface area contributed by atoms with Crippen molar-refractivity contribution in [2.45, 2.75) is 12.8 Å². The van der Waals surface area contributed by atoms with Crippen molar-refractivity contribution < 1.29 is 4.79 Å². The summed E-state index contributed by atoms with van der Waals surface area (Å²) in [5, 5.41) is 10.0. The zero-order chi connectivity index (χ0) is 20.2. The Bertz CT molecular complexity index is 765. The summed E-state index contributed by atoms with van der Waals surface area (Å²) in [4.78, 5) is 17.9. The third-order valence-corrected chi connectivity index (χ3v) is 4.26. The monoisotopic (exact) mass is 509 g/mol. The molecule has 6 nitrogen and oxygen atoms in total. The Labute approximate surface area is 191 Å². The second kappa shape index (κ2) is 13.8. The highest BCUT2D eigenvalue weighted by Crippen LogP contribution is 2.08. The molecule has 1 amide bonds. The van der Waals surface area contributed by atoms with E-state index in [2.05, 4.69) is 33.1 Å². The van der Waals surface area contributed by atoms with Crippen molar-refractivity contribution >= 4 is 41.5 Å². The molecular formula is C22H32IN5O. The van der Waals surface area contributed by atoms with E-state index in [1.807, 2.05) is 42.5 Å². The van der Waals surface area contributed by atoms with Gasteiger partial charge in [-0.15, -0.1) is 24.0 Å². The van der Waals surface area contributed by atoms with E-state index in [9.17, 15) is 4.79 Å². The second-order valence-corrected chi connectivity index (χ2v) is 6.72. The van der Waals surface area contributed by atoms with Gasteiger partial charge in [-0.2, -0.15) is 0 Å². The van der Waals surface area contributed by atoms with E-state index < -0.39 is 0 Å². The summed E-state index contributed by atoms with van der Waals surface area (Å²) in [5.74, 6) is 0.816. The van der Waals surface area contributed by atoms with Crippen LogP contribution in [0.3, 0.4) is 0 Å². The number of hydrogen-bond donors (Lipinski definition) is 3. The number of aliphatic imine (C=N–C) groups is 1. The molecule has 2 rings (SSSR count). The first-order chi connectivity index (χ1) is 13.6. The van der Waals surface area contributed by atoms with Gasteiger partial charge >= 0.3 is 0 Å². The van der Waals surface area contributed by atoms with E-state index in [0.717, 1.165) is 55.2 Å². The highest BCUT2D eigenvalue weighted by atomic mass is 127. The normalized spacial score (nSPS) is 10.7. The fourth-order valence-electron chi connectivity index (χ4n) is 2.75. The number of anilines is 1. The van der Waals surface area contributed by atoms with E-state index >= 15 is 0 Å². The van der Waals surface area contributed by atoms with E-state index in [4.69, 9.17) is 0 Å². The van der Waals surface area contributed by atoms with E-state index in [0.29, 0.717) is 0 Å². The van der Waals surface area contributed by atoms with Gasteiger partial charge in [0, 0.05) is 52.0 Å². The Morgan fingerprint density at radius 3 is 2.38 bits per heavy atom. The Kier molecular flexibility index (Phi) is 11.8. The molecule has 0 aliphatic heterocycles. The molecule has 0 aromatic heterocycles. The predicted molar refractivity (Wildman–Crippen MR) is 132 cm³/mol. The van der Waals surface area contributed by atoms with Gasteiger partial charge in [-0.25, -0.2) is 0 Å². The SMILES string of the molecule is CN=C(NCCCNc1ccccc1)NCCc1cccc(C(=O)N(C)C)c1.I. The lowest BCUT2D eigenvalue weighted by Gasteiger charge is -2.13. The predicted octanol–water partition coefficient (Wildman–Crippen LogP) is 3.22. The molecule has 3 N–H and O–H groups in total. The van der Waals surface area contributed by atoms with Crippen LogP contribution in [0.1, 0.15) is 22.3 Å². The van der Waals surface area contributed by atoms with E-state index in [1.165, 1.54) is 0 Å². The minimum absolute atomic E-state index is 0. The Balaban J connectivity index is 0.00000420. The zero-order valence-electron chi connectivity index (χ0n) is 17.4. The number of rotatable bonds is 9. The first-order valence-electron chi connectivity index (χ1n) is 9.64. The summed E-state index contributed by atoms with van der Waals surface area (Å²) in [7, 11) is 5.30. The van der Waals surface area contributed by atoms with E-state index in [-0.39, 0.29) is 29.9 Å². The van der Waals surface area contributed by atoms with Gasteiger partial charge in [-0.3, -0.25) is 9.79 Å². The van der Waals surface area contributed by atoms with Crippen LogP contribution in [0.5, 0.6) is 0 Å². The molecular weight excluding hydrogens is 477 g/mol. The van der Waals surface area contributed by atoms with Gasteiger partial charge in [0.2, 0.25) is 0 Å². The molecule has 0 radical (unpaired) electrons. The number of nitrogens with zero attached hydrogens (tertiary/aromatic N) is 2. The summed E-state index contributed by atoms with van der Waals surface area (Å²) in [5.41, 5.74) is 2.98. The first-order valence-corrected chi connectivity index (χ1v) is 9.64. The van der Waals surface area contributed by atoms with Gasteiger partial charge in [0.05, 0.1) is 0 Å². The molecule has 0 saturated heterocycles. The minimum Gasteiger partial charge on any atom is -0.385 e. The summed E-state index contributed by atoms with van der Waals surface area (Å²) in [6.07, 6.45) is 1.81. The number of carbonyl (C=O) groups excluding carboxylic acids is 1.